The third-order valence-corrected chi connectivity index (χ3v) is 17.5. The Morgan fingerprint density at radius 3 is 1.74 bits per heavy atom. The van der Waals surface area contributed by atoms with Crippen molar-refractivity contribution in [3.8, 4) is 23.0 Å². The minimum atomic E-state index is -4.86. The van der Waals surface area contributed by atoms with E-state index < -0.39 is 88.4 Å². The van der Waals surface area contributed by atoms with Crippen LogP contribution in [0.15, 0.2) is 61.7 Å². The monoisotopic (exact) mass is 1300 g/mol. The highest BCUT2D eigenvalue weighted by atomic mass is 19.4. The Morgan fingerprint density at radius 1 is 0.717 bits per heavy atom. The van der Waals surface area contributed by atoms with Gasteiger partial charge in [0.25, 0.3) is 0 Å². The Bertz CT molecular complexity index is 3320. The summed E-state index contributed by atoms with van der Waals surface area (Å²) < 4.78 is 125. The van der Waals surface area contributed by atoms with E-state index in [0.717, 1.165) is 91.3 Å². The van der Waals surface area contributed by atoms with Crippen LogP contribution in [0.4, 0.5) is 31.1 Å². The van der Waals surface area contributed by atoms with Gasteiger partial charge in [0.15, 0.2) is 22.9 Å². The van der Waals surface area contributed by atoms with Crippen LogP contribution < -0.4 is 19.5 Å². The lowest BCUT2D eigenvalue weighted by Gasteiger charge is -2.37. The van der Waals surface area contributed by atoms with E-state index in [1.807, 2.05) is 13.0 Å². The second-order valence-corrected chi connectivity index (χ2v) is 25.5. The number of amides is 3. The van der Waals surface area contributed by atoms with Gasteiger partial charge >= 0.3 is 30.4 Å². The van der Waals surface area contributed by atoms with Gasteiger partial charge in [0.2, 0.25) is 11.8 Å². The van der Waals surface area contributed by atoms with Crippen molar-refractivity contribution in [2.75, 3.05) is 66.8 Å². The van der Waals surface area contributed by atoms with Gasteiger partial charge in [-0.15, -0.1) is 13.2 Å². The number of likely N-dealkylation sites (tertiary alicyclic amines) is 2. The molecule has 3 fully saturated rings. The van der Waals surface area contributed by atoms with E-state index in [4.69, 9.17) is 33.2 Å². The van der Waals surface area contributed by atoms with Crippen LogP contribution >= 0.6 is 0 Å². The highest BCUT2D eigenvalue weighted by Crippen LogP contribution is 2.51. The molecule has 2 aromatic heterocycles. The van der Waals surface area contributed by atoms with Crippen LogP contribution in [0.2, 0.25) is 0 Å². The lowest BCUT2D eigenvalue weighted by atomic mass is 9.87. The number of alkyl carbamates (subject to hydrolysis) is 1. The molecule has 9 rings (SSSR count). The number of phenolic OH excluding ortho intramolecular Hbond substituents is 1. The summed E-state index contributed by atoms with van der Waals surface area (Å²) in [5, 5.41) is 13.5. The fourth-order valence-corrected chi connectivity index (χ4v) is 12.9. The van der Waals surface area contributed by atoms with E-state index in [-0.39, 0.29) is 91.5 Å². The van der Waals surface area contributed by atoms with E-state index in [1.165, 1.54) is 35.1 Å². The van der Waals surface area contributed by atoms with Gasteiger partial charge in [0.05, 0.1) is 58.2 Å². The Kier molecular flexibility index (Phi) is 23.1. The summed E-state index contributed by atoms with van der Waals surface area (Å²) in [7, 11) is 2.41. The SMILES string of the molecule is C=CCCCCC[C@H](C)C(=O)N1C[C@@]2(CCc3c(c(C(F)(F)F)nc4ccc(OCCCN5CCOCC5)cc34)O2)C[C@H]1C(=O)OC.C=CCCCCC[C@H](NC(=O)OC(C)(C)C)C(=O)N1C[C@@]2(CCc3c(c(C(F)(F)F)nc4ccc(O)cc34)O2)C[C@H]1C(=O)OC. The zero-order valence-corrected chi connectivity index (χ0v) is 53.4. The number of hydrogen-bond donors (Lipinski definition) is 2. The number of allylic oxidation sites excluding steroid dienone is 2. The number of ether oxygens (including phenoxy) is 7. The molecule has 92 heavy (non-hydrogen) atoms. The zero-order chi connectivity index (χ0) is 66.8. The van der Waals surface area contributed by atoms with Crippen molar-refractivity contribution < 1.29 is 88.6 Å². The third-order valence-electron chi connectivity index (χ3n) is 17.5. The van der Waals surface area contributed by atoms with Crippen molar-refractivity contribution in [1.82, 2.24) is 30.0 Å². The third kappa shape index (κ3) is 17.2. The fraction of sp³-hybridized carbons (Fsp3) is 0.597. The van der Waals surface area contributed by atoms with Gasteiger partial charge in [-0.1, -0.05) is 44.8 Å². The number of benzene rings is 2. The lowest BCUT2D eigenvalue weighted by molar-refractivity contribution is -0.152. The Morgan fingerprint density at radius 2 is 1.23 bits per heavy atom. The van der Waals surface area contributed by atoms with Crippen molar-refractivity contribution >= 4 is 51.7 Å². The van der Waals surface area contributed by atoms with E-state index in [2.05, 4.69) is 33.3 Å². The molecule has 2 aromatic carbocycles. The molecule has 0 bridgehead atoms. The van der Waals surface area contributed by atoms with Crippen LogP contribution in [0.3, 0.4) is 0 Å². The average molecular weight is 1300 g/mol. The number of aryl methyl sites for hydroxylation is 2. The first kappa shape index (κ1) is 70.5. The topological polar surface area (TPSA) is 218 Å². The molecule has 5 aliphatic heterocycles. The predicted octanol–water partition coefficient (Wildman–Crippen LogP) is 11.8. The number of unbranched alkanes of at least 4 members (excludes halogenated alkanes) is 6. The molecule has 0 radical (unpaired) electrons. The van der Waals surface area contributed by atoms with Gasteiger partial charge in [0.1, 0.15) is 46.4 Å². The maximum absolute atomic E-state index is 14.5. The average Bonchev–Trinajstić information content (AvgIpc) is 1.35. The Balaban J connectivity index is 0.000000237. The quantitative estimate of drug-likeness (QED) is 0.0246. The molecule has 6 atom stereocenters. The number of pyridine rings is 2. The molecule has 25 heteroatoms. The van der Waals surface area contributed by atoms with Gasteiger partial charge in [0, 0.05) is 60.3 Å². The first-order chi connectivity index (χ1) is 43.6. The summed E-state index contributed by atoms with van der Waals surface area (Å²) in [6, 6.07) is 5.65. The number of morpholine rings is 1. The van der Waals surface area contributed by atoms with Crippen molar-refractivity contribution in [3.63, 3.8) is 0 Å². The summed E-state index contributed by atoms with van der Waals surface area (Å²) in [5.74, 6) is -2.96. The van der Waals surface area contributed by atoms with Gasteiger partial charge in [-0.05, 0) is 128 Å². The number of aromatic nitrogens is 2. The molecule has 2 spiro atoms. The standard InChI is InChI=1S/C35H46F3N3O6.C32H40F3N3O7/c1-4-5-6-7-8-10-24(2)32(42)41-23-34(22-29(41)33(43)44-3)14-13-26-27-21-25(46-18-9-15-40-16-19-45-20-17-40)11-12-28(27)39-31(30(26)47-34)35(36,37)38;1-6-7-8-9-10-11-23(37-29(42)45-30(2,3)4)27(40)38-18-31(17-24(38)28(41)43-5)15-14-20-21-16-19(39)12-13-22(21)36-26(25(20)44-31)32(33,34)35/h4,11-12,21,24,29H,1,5-10,13-20,22-23H2,2-3H3;6,12-13,16,23-24,39H,1,7-11,14-15,17-18H2,2-5H3,(H,37,42)/t24-,29-,34+;23-,24-,31+/m00/s1. The number of aromatic hydroxyl groups is 1. The van der Waals surface area contributed by atoms with Crippen molar-refractivity contribution in [2.24, 2.45) is 5.92 Å². The molecule has 2 N–H and O–H groups in total. The molecule has 4 aromatic rings. The molecule has 7 heterocycles. The van der Waals surface area contributed by atoms with Crippen LogP contribution in [0.25, 0.3) is 21.8 Å². The number of nitrogens with zero attached hydrogens (tertiary/aromatic N) is 5. The second kappa shape index (κ2) is 30.1. The van der Waals surface area contributed by atoms with Crippen molar-refractivity contribution in [3.05, 3.63) is 84.2 Å². The van der Waals surface area contributed by atoms with Crippen LogP contribution in [-0.2, 0) is 63.3 Å². The molecule has 0 unspecified atom stereocenters. The minimum Gasteiger partial charge on any atom is -0.508 e. The fourth-order valence-electron chi connectivity index (χ4n) is 12.9. The number of hydrogen-bond acceptors (Lipinski definition) is 16. The summed E-state index contributed by atoms with van der Waals surface area (Å²) in [5.41, 5.74) is -4.82. The van der Waals surface area contributed by atoms with Crippen LogP contribution in [-0.4, -0.2) is 161 Å². The molecule has 0 aliphatic carbocycles. The maximum atomic E-state index is 14.5. The highest BCUT2D eigenvalue weighted by molar-refractivity contribution is 5.92. The van der Waals surface area contributed by atoms with Gasteiger partial charge in [-0.2, -0.15) is 26.3 Å². The number of phenols is 1. The molecular formula is C67H86F6N6O13. The highest BCUT2D eigenvalue weighted by Gasteiger charge is 2.57. The normalized spacial score (nSPS) is 21.3. The molecule has 5 aliphatic rings. The lowest BCUT2D eigenvalue weighted by Crippen LogP contribution is -2.53. The van der Waals surface area contributed by atoms with Crippen LogP contribution in [0, 0.1) is 5.92 Å². The largest absolute Gasteiger partial charge is 0.508 e. The molecule has 3 amide bonds. The van der Waals surface area contributed by atoms with E-state index >= 15 is 0 Å². The predicted molar refractivity (Wildman–Crippen MR) is 329 cm³/mol. The summed E-state index contributed by atoms with van der Waals surface area (Å²) in [6.45, 7) is 18.6. The zero-order valence-electron chi connectivity index (χ0n) is 53.4. The van der Waals surface area contributed by atoms with Crippen LogP contribution in [0.5, 0.6) is 23.0 Å². The molecule has 3 saturated heterocycles. The number of esters is 2. The number of fused-ring (bicyclic) bond motifs is 6. The first-order valence-electron chi connectivity index (χ1n) is 31.7. The van der Waals surface area contributed by atoms with E-state index in [9.17, 15) is 55.4 Å². The smallest absolute Gasteiger partial charge is 0.437 e. The molecule has 19 nitrogen and oxygen atoms in total. The summed E-state index contributed by atoms with van der Waals surface area (Å²) in [6.07, 6.45) is 2.34. The van der Waals surface area contributed by atoms with Gasteiger partial charge in [-0.3, -0.25) is 14.5 Å². The Hall–Kier alpha value is -7.41. The van der Waals surface area contributed by atoms with E-state index in [0.29, 0.717) is 48.0 Å². The van der Waals surface area contributed by atoms with Gasteiger partial charge in [-0.25, -0.2) is 24.4 Å². The molecule has 0 saturated carbocycles. The second-order valence-electron chi connectivity index (χ2n) is 25.5. The van der Waals surface area contributed by atoms with Gasteiger partial charge < -0.3 is 53.4 Å². The minimum absolute atomic E-state index is 0.00648. The van der Waals surface area contributed by atoms with E-state index in [1.54, 1.807) is 45.0 Å². The molecule has 504 valence electrons. The van der Waals surface area contributed by atoms with Crippen LogP contribution in [0.1, 0.15) is 147 Å². The molecular weight excluding hydrogens is 1210 g/mol. The first-order valence-corrected chi connectivity index (χ1v) is 31.7. The Labute approximate surface area is 532 Å². The number of rotatable bonds is 22. The maximum Gasteiger partial charge on any atom is 0.437 e. The van der Waals surface area contributed by atoms with Crippen molar-refractivity contribution in [2.45, 2.75) is 184 Å². The van der Waals surface area contributed by atoms with Crippen molar-refractivity contribution in [1.29, 1.82) is 0 Å². The summed E-state index contributed by atoms with van der Waals surface area (Å²) >= 11 is 0. The number of carbonyl (C=O) groups is 5. The summed E-state index contributed by atoms with van der Waals surface area (Å²) in [4.78, 5) is 79.2. The number of halogens is 6. The number of alkyl halides is 6. The number of carbonyl (C=O) groups excluding carboxylic acids is 5. The number of nitrogens with one attached hydrogen (secondary N) is 1. The number of methoxy groups -OCH3 is 2.